The molecule has 2 aromatic carbocycles. The van der Waals surface area contributed by atoms with E-state index >= 15 is 0 Å². The predicted molar refractivity (Wildman–Crippen MR) is 98.1 cm³/mol. The molecule has 1 saturated carbocycles. The minimum atomic E-state index is -3.57. The topological polar surface area (TPSA) is 95.9 Å². The Bertz CT molecular complexity index is 856. The van der Waals surface area contributed by atoms with Crippen molar-refractivity contribution < 1.29 is 23.4 Å². The summed E-state index contributed by atoms with van der Waals surface area (Å²) < 4.78 is 32.9. The van der Waals surface area contributed by atoms with Gasteiger partial charge in [-0.25, -0.2) is 13.1 Å². The number of phenols is 2. The Morgan fingerprint density at radius 3 is 2.23 bits per heavy atom. The Morgan fingerprint density at radius 1 is 1.00 bits per heavy atom. The fraction of sp³-hybridized carbons (Fsp3) is 0.368. The SMILES string of the molecule is COc1ccc(S(=O)(=O)NC2CCC(c3ccc(O)cc3O)CC2)cc1. The molecule has 140 valence electrons. The summed E-state index contributed by atoms with van der Waals surface area (Å²) in [4.78, 5) is 0.219. The molecule has 26 heavy (non-hydrogen) atoms. The van der Waals surface area contributed by atoms with Gasteiger partial charge < -0.3 is 14.9 Å². The molecule has 3 rings (SSSR count). The number of benzene rings is 2. The van der Waals surface area contributed by atoms with Crippen molar-refractivity contribution in [2.24, 2.45) is 0 Å². The van der Waals surface area contributed by atoms with Crippen molar-refractivity contribution >= 4 is 10.0 Å². The van der Waals surface area contributed by atoms with Crippen molar-refractivity contribution in [2.45, 2.75) is 42.5 Å². The Morgan fingerprint density at radius 2 is 1.65 bits per heavy atom. The van der Waals surface area contributed by atoms with Crippen molar-refractivity contribution in [1.82, 2.24) is 4.72 Å². The number of rotatable bonds is 5. The van der Waals surface area contributed by atoms with Gasteiger partial charge >= 0.3 is 0 Å². The highest BCUT2D eigenvalue weighted by Crippen LogP contribution is 2.38. The first-order chi connectivity index (χ1) is 12.4. The van der Waals surface area contributed by atoms with Crippen LogP contribution in [0.15, 0.2) is 47.4 Å². The molecule has 0 spiro atoms. The van der Waals surface area contributed by atoms with Crippen molar-refractivity contribution in [1.29, 1.82) is 0 Å². The van der Waals surface area contributed by atoms with Gasteiger partial charge in [-0.2, -0.15) is 0 Å². The van der Waals surface area contributed by atoms with Crippen molar-refractivity contribution in [3.63, 3.8) is 0 Å². The minimum Gasteiger partial charge on any atom is -0.508 e. The molecule has 7 heteroatoms. The maximum atomic E-state index is 12.5. The van der Waals surface area contributed by atoms with Crippen molar-refractivity contribution in [3.05, 3.63) is 48.0 Å². The molecule has 0 bridgehead atoms. The number of phenolic OH excluding ortho intramolecular Hbond substituents is 2. The zero-order chi connectivity index (χ0) is 18.7. The summed E-state index contributed by atoms with van der Waals surface area (Å²) in [6, 6.07) is 10.8. The van der Waals surface area contributed by atoms with E-state index in [1.807, 2.05) is 0 Å². The molecule has 0 aromatic heterocycles. The fourth-order valence-corrected chi connectivity index (χ4v) is 4.75. The van der Waals surface area contributed by atoms with Gasteiger partial charge in [-0.15, -0.1) is 0 Å². The second-order valence-corrected chi connectivity index (χ2v) is 8.30. The molecule has 1 aliphatic rings. The lowest BCUT2D eigenvalue weighted by atomic mass is 9.81. The average molecular weight is 377 g/mol. The summed E-state index contributed by atoms with van der Waals surface area (Å²) in [5, 5.41) is 19.4. The first kappa shape index (κ1) is 18.5. The number of sulfonamides is 1. The first-order valence-electron chi connectivity index (χ1n) is 8.57. The number of methoxy groups -OCH3 is 1. The van der Waals surface area contributed by atoms with Crippen LogP contribution < -0.4 is 9.46 Å². The van der Waals surface area contributed by atoms with Crippen LogP contribution in [-0.2, 0) is 10.0 Å². The standard InChI is InChI=1S/C19H23NO5S/c1-25-16-7-9-17(10-8-16)26(23,24)20-14-4-2-13(3-5-14)18-11-6-15(21)12-19(18)22/h6-14,20-22H,2-5H2,1H3. The van der Waals surface area contributed by atoms with Crippen LogP contribution in [0.3, 0.4) is 0 Å². The fourth-order valence-electron chi connectivity index (χ4n) is 3.44. The molecule has 1 fully saturated rings. The molecule has 2 aromatic rings. The molecule has 1 aliphatic carbocycles. The number of ether oxygens (including phenoxy) is 1. The maximum Gasteiger partial charge on any atom is 0.240 e. The monoisotopic (exact) mass is 377 g/mol. The molecule has 0 unspecified atom stereocenters. The summed E-state index contributed by atoms with van der Waals surface area (Å²) in [6.45, 7) is 0. The van der Waals surface area contributed by atoms with Crippen molar-refractivity contribution in [3.8, 4) is 17.2 Å². The van der Waals surface area contributed by atoms with Crippen LogP contribution in [0.4, 0.5) is 0 Å². The van der Waals surface area contributed by atoms with Crippen LogP contribution in [0, 0.1) is 0 Å². The lowest BCUT2D eigenvalue weighted by Crippen LogP contribution is -2.37. The van der Waals surface area contributed by atoms with Gasteiger partial charge in [0.05, 0.1) is 12.0 Å². The van der Waals surface area contributed by atoms with Gasteiger partial charge in [-0.05, 0) is 67.5 Å². The van der Waals surface area contributed by atoms with E-state index < -0.39 is 10.0 Å². The Labute approximate surface area is 153 Å². The smallest absolute Gasteiger partial charge is 0.240 e. The summed E-state index contributed by atoms with van der Waals surface area (Å²) in [5.74, 6) is 0.898. The third-order valence-electron chi connectivity index (χ3n) is 4.87. The Kier molecular flexibility index (Phi) is 5.38. The van der Waals surface area contributed by atoms with Crippen LogP contribution in [0.5, 0.6) is 17.2 Å². The third kappa shape index (κ3) is 4.11. The highest BCUT2D eigenvalue weighted by molar-refractivity contribution is 7.89. The van der Waals surface area contributed by atoms with Crippen LogP contribution in [0.1, 0.15) is 37.2 Å². The second kappa shape index (κ2) is 7.55. The van der Waals surface area contributed by atoms with E-state index in [0.717, 1.165) is 18.4 Å². The zero-order valence-corrected chi connectivity index (χ0v) is 15.4. The van der Waals surface area contributed by atoms with Gasteiger partial charge in [-0.3, -0.25) is 0 Å². The normalized spacial score (nSPS) is 20.7. The van der Waals surface area contributed by atoms with E-state index in [0.29, 0.717) is 18.6 Å². The zero-order valence-electron chi connectivity index (χ0n) is 14.6. The van der Waals surface area contributed by atoms with Crippen LogP contribution >= 0.6 is 0 Å². The molecular weight excluding hydrogens is 354 g/mol. The lowest BCUT2D eigenvalue weighted by molar-refractivity contribution is 0.362. The van der Waals surface area contributed by atoms with Crippen LogP contribution in [0.25, 0.3) is 0 Å². The molecule has 0 heterocycles. The average Bonchev–Trinajstić information content (AvgIpc) is 2.62. The maximum absolute atomic E-state index is 12.5. The molecule has 0 amide bonds. The number of nitrogens with one attached hydrogen (secondary N) is 1. The lowest BCUT2D eigenvalue weighted by Gasteiger charge is -2.29. The van der Waals surface area contributed by atoms with E-state index in [4.69, 9.17) is 4.74 Å². The quantitative estimate of drug-likeness (QED) is 0.744. The predicted octanol–water partition coefficient (Wildman–Crippen LogP) is 3.11. The highest BCUT2D eigenvalue weighted by atomic mass is 32.2. The van der Waals surface area contributed by atoms with E-state index in [2.05, 4.69) is 4.72 Å². The van der Waals surface area contributed by atoms with E-state index in [-0.39, 0.29) is 28.4 Å². The van der Waals surface area contributed by atoms with Gasteiger partial charge in [0, 0.05) is 12.1 Å². The van der Waals surface area contributed by atoms with E-state index in [1.165, 1.54) is 25.3 Å². The van der Waals surface area contributed by atoms with Crippen LogP contribution in [0.2, 0.25) is 0 Å². The van der Waals surface area contributed by atoms with E-state index in [9.17, 15) is 18.6 Å². The van der Waals surface area contributed by atoms with Gasteiger partial charge in [0.1, 0.15) is 17.2 Å². The minimum absolute atomic E-state index is 0.0344. The van der Waals surface area contributed by atoms with Crippen LogP contribution in [-0.4, -0.2) is 31.8 Å². The number of aromatic hydroxyl groups is 2. The molecule has 0 saturated heterocycles. The molecular formula is C19H23NO5S. The largest absolute Gasteiger partial charge is 0.508 e. The van der Waals surface area contributed by atoms with Gasteiger partial charge in [0.2, 0.25) is 10.0 Å². The Balaban J connectivity index is 1.62. The number of hydrogen-bond acceptors (Lipinski definition) is 5. The summed E-state index contributed by atoms with van der Waals surface area (Å²) >= 11 is 0. The van der Waals surface area contributed by atoms with Crippen molar-refractivity contribution in [2.75, 3.05) is 7.11 Å². The molecule has 3 N–H and O–H groups in total. The van der Waals surface area contributed by atoms with E-state index in [1.54, 1.807) is 24.3 Å². The third-order valence-corrected chi connectivity index (χ3v) is 6.41. The van der Waals surface area contributed by atoms with Gasteiger partial charge in [0.25, 0.3) is 0 Å². The first-order valence-corrected chi connectivity index (χ1v) is 10.1. The summed E-state index contributed by atoms with van der Waals surface area (Å²) in [6.07, 6.45) is 2.93. The number of hydrogen-bond donors (Lipinski definition) is 3. The summed E-state index contributed by atoms with van der Waals surface area (Å²) in [5.41, 5.74) is 0.805. The second-order valence-electron chi connectivity index (χ2n) is 6.59. The summed E-state index contributed by atoms with van der Waals surface area (Å²) in [7, 11) is -2.03. The molecule has 0 aliphatic heterocycles. The molecule has 0 atom stereocenters. The molecule has 6 nitrogen and oxygen atoms in total. The van der Waals surface area contributed by atoms with Gasteiger partial charge in [-0.1, -0.05) is 6.07 Å². The highest BCUT2D eigenvalue weighted by Gasteiger charge is 2.27. The Hall–Kier alpha value is -2.25. The molecule has 0 radical (unpaired) electrons. The van der Waals surface area contributed by atoms with Gasteiger partial charge in [0.15, 0.2) is 0 Å².